The SMILES string of the molecule is N#Cc1ccc(C(=O)N(CCC(=O)N2CCNCC2)C2CCCC2)cc1. The molecule has 1 saturated heterocycles. The van der Waals surface area contributed by atoms with E-state index >= 15 is 0 Å². The molecule has 0 spiro atoms. The summed E-state index contributed by atoms with van der Waals surface area (Å²) in [5.74, 6) is 0.0941. The van der Waals surface area contributed by atoms with Crippen LogP contribution in [-0.4, -0.2) is 60.4 Å². The van der Waals surface area contributed by atoms with Crippen LogP contribution in [0.4, 0.5) is 0 Å². The highest BCUT2D eigenvalue weighted by Crippen LogP contribution is 2.25. The number of carbonyl (C=O) groups excluding carboxylic acids is 2. The first-order valence-electron chi connectivity index (χ1n) is 9.48. The van der Waals surface area contributed by atoms with Crippen LogP contribution >= 0.6 is 0 Å². The van der Waals surface area contributed by atoms with Crippen molar-refractivity contribution < 1.29 is 9.59 Å². The van der Waals surface area contributed by atoms with E-state index < -0.39 is 0 Å². The maximum absolute atomic E-state index is 13.0. The van der Waals surface area contributed by atoms with Crippen molar-refractivity contribution in [3.8, 4) is 6.07 Å². The zero-order valence-electron chi connectivity index (χ0n) is 15.1. The average Bonchev–Trinajstić information content (AvgIpc) is 3.23. The van der Waals surface area contributed by atoms with Crippen molar-refractivity contribution in [3.05, 3.63) is 35.4 Å². The Morgan fingerprint density at radius 3 is 2.42 bits per heavy atom. The number of hydrogen-bond acceptors (Lipinski definition) is 4. The molecule has 1 aliphatic heterocycles. The lowest BCUT2D eigenvalue weighted by molar-refractivity contribution is -0.132. The fraction of sp³-hybridized carbons (Fsp3) is 0.550. The van der Waals surface area contributed by atoms with E-state index in [0.29, 0.717) is 24.1 Å². The fourth-order valence-electron chi connectivity index (χ4n) is 3.81. The summed E-state index contributed by atoms with van der Waals surface area (Å²) in [7, 11) is 0. The first-order valence-corrected chi connectivity index (χ1v) is 9.48. The molecule has 0 atom stereocenters. The molecule has 1 heterocycles. The van der Waals surface area contributed by atoms with E-state index in [2.05, 4.69) is 11.4 Å². The van der Waals surface area contributed by atoms with Gasteiger partial charge in [-0.2, -0.15) is 5.26 Å². The lowest BCUT2D eigenvalue weighted by Crippen LogP contribution is -2.48. The van der Waals surface area contributed by atoms with Crippen LogP contribution in [0.1, 0.15) is 48.0 Å². The summed E-state index contributed by atoms with van der Waals surface area (Å²) < 4.78 is 0. The highest BCUT2D eigenvalue weighted by atomic mass is 16.2. The first kappa shape index (κ1) is 18.4. The van der Waals surface area contributed by atoms with Crippen LogP contribution in [0.15, 0.2) is 24.3 Å². The molecule has 1 aromatic rings. The number of piperazine rings is 1. The summed E-state index contributed by atoms with van der Waals surface area (Å²) in [6.07, 6.45) is 4.65. The number of nitriles is 1. The number of carbonyl (C=O) groups is 2. The Morgan fingerprint density at radius 2 is 1.81 bits per heavy atom. The molecule has 1 saturated carbocycles. The first-order chi connectivity index (χ1) is 12.7. The molecule has 3 rings (SSSR count). The molecule has 26 heavy (non-hydrogen) atoms. The Balaban J connectivity index is 1.67. The lowest BCUT2D eigenvalue weighted by Gasteiger charge is -2.31. The van der Waals surface area contributed by atoms with Gasteiger partial charge in [-0.15, -0.1) is 0 Å². The van der Waals surface area contributed by atoms with Gasteiger partial charge in [-0.1, -0.05) is 12.8 Å². The van der Waals surface area contributed by atoms with Crippen molar-refractivity contribution in [2.45, 2.75) is 38.1 Å². The van der Waals surface area contributed by atoms with Gasteiger partial charge in [0.15, 0.2) is 0 Å². The Labute approximate surface area is 154 Å². The maximum Gasteiger partial charge on any atom is 0.254 e. The minimum absolute atomic E-state index is 0.0329. The molecule has 6 nitrogen and oxygen atoms in total. The van der Waals surface area contributed by atoms with E-state index in [9.17, 15) is 9.59 Å². The van der Waals surface area contributed by atoms with Crippen LogP contribution in [0.2, 0.25) is 0 Å². The van der Waals surface area contributed by atoms with E-state index in [-0.39, 0.29) is 17.9 Å². The van der Waals surface area contributed by atoms with Crippen molar-refractivity contribution in [3.63, 3.8) is 0 Å². The van der Waals surface area contributed by atoms with Crippen molar-refractivity contribution in [2.75, 3.05) is 32.7 Å². The molecular formula is C20H26N4O2. The molecule has 2 fully saturated rings. The minimum atomic E-state index is -0.0329. The molecule has 2 amide bonds. The second-order valence-electron chi connectivity index (χ2n) is 7.01. The number of nitrogens with one attached hydrogen (secondary N) is 1. The Hall–Kier alpha value is -2.39. The van der Waals surface area contributed by atoms with Crippen molar-refractivity contribution in [1.82, 2.24) is 15.1 Å². The fourth-order valence-corrected chi connectivity index (χ4v) is 3.81. The van der Waals surface area contributed by atoms with Crippen LogP contribution in [0.25, 0.3) is 0 Å². The van der Waals surface area contributed by atoms with Gasteiger partial charge in [-0.3, -0.25) is 9.59 Å². The molecular weight excluding hydrogens is 328 g/mol. The van der Waals surface area contributed by atoms with E-state index in [4.69, 9.17) is 5.26 Å². The predicted octanol–water partition coefficient (Wildman–Crippen LogP) is 1.76. The van der Waals surface area contributed by atoms with Gasteiger partial charge in [0.1, 0.15) is 0 Å². The van der Waals surface area contributed by atoms with Crippen molar-refractivity contribution >= 4 is 11.8 Å². The normalized spacial score (nSPS) is 17.7. The summed E-state index contributed by atoms with van der Waals surface area (Å²) in [5, 5.41) is 12.2. The van der Waals surface area contributed by atoms with Crippen LogP contribution < -0.4 is 5.32 Å². The molecule has 2 aliphatic rings. The summed E-state index contributed by atoms with van der Waals surface area (Å²) >= 11 is 0. The third kappa shape index (κ3) is 4.41. The van der Waals surface area contributed by atoms with E-state index in [1.807, 2.05) is 9.80 Å². The standard InChI is InChI=1S/C20H26N4O2/c21-15-16-5-7-17(8-6-16)20(26)24(18-3-1-2-4-18)12-9-19(25)23-13-10-22-11-14-23/h5-8,18,22H,1-4,9-14H2. The molecule has 0 bridgehead atoms. The van der Waals surface area contributed by atoms with Gasteiger partial charge in [-0.25, -0.2) is 0 Å². The average molecular weight is 354 g/mol. The highest BCUT2D eigenvalue weighted by molar-refractivity contribution is 5.94. The van der Waals surface area contributed by atoms with Crippen molar-refractivity contribution in [1.29, 1.82) is 5.26 Å². The number of rotatable bonds is 5. The second kappa shape index (κ2) is 8.81. The summed E-state index contributed by atoms with van der Waals surface area (Å²) in [6, 6.07) is 9.05. The van der Waals surface area contributed by atoms with Gasteiger partial charge in [0.05, 0.1) is 11.6 Å². The molecule has 6 heteroatoms. The Kier molecular flexibility index (Phi) is 6.24. The van der Waals surface area contributed by atoms with E-state index in [0.717, 1.165) is 51.9 Å². The highest BCUT2D eigenvalue weighted by Gasteiger charge is 2.28. The molecule has 1 aromatic carbocycles. The third-order valence-corrected chi connectivity index (χ3v) is 5.32. The maximum atomic E-state index is 13.0. The van der Waals surface area contributed by atoms with Crippen molar-refractivity contribution in [2.24, 2.45) is 0 Å². The number of hydrogen-bond donors (Lipinski definition) is 1. The molecule has 1 aliphatic carbocycles. The summed E-state index contributed by atoms with van der Waals surface area (Å²) in [6.45, 7) is 3.62. The van der Waals surface area contributed by atoms with Crippen LogP contribution in [0, 0.1) is 11.3 Å². The molecule has 0 aromatic heterocycles. The summed E-state index contributed by atoms with van der Waals surface area (Å²) in [5.41, 5.74) is 1.13. The molecule has 138 valence electrons. The Morgan fingerprint density at radius 1 is 1.15 bits per heavy atom. The third-order valence-electron chi connectivity index (χ3n) is 5.32. The van der Waals surface area contributed by atoms with Gasteiger partial charge in [-0.05, 0) is 37.1 Å². The lowest BCUT2D eigenvalue weighted by atomic mass is 10.1. The predicted molar refractivity (Wildman–Crippen MR) is 98.5 cm³/mol. The van der Waals surface area contributed by atoms with Crippen LogP contribution in [0.5, 0.6) is 0 Å². The number of nitrogens with zero attached hydrogens (tertiary/aromatic N) is 3. The van der Waals surface area contributed by atoms with Gasteiger partial charge in [0, 0.05) is 50.7 Å². The van der Waals surface area contributed by atoms with E-state index in [1.165, 1.54) is 0 Å². The topological polar surface area (TPSA) is 76.4 Å². The number of benzene rings is 1. The van der Waals surface area contributed by atoms with Gasteiger partial charge in [0.25, 0.3) is 5.91 Å². The molecule has 1 N–H and O–H groups in total. The smallest absolute Gasteiger partial charge is 0.254 e. The zero-order chi connectivity index (χ0) is 18.4. The van der Waals surface area contributed by atoms with E-state index in [1.54, 1.807) is 24.3 Å². The quantitative estimate of drug-likeness (QED) is 0.874. The second-order valence-corrected chi connectivity index (χ2v) is 7.01. The van der Waals surface area contributed by atoms with Gasteiger partial charge in [0.2, 0.25) is 5.91 Å². The zero-order valence-corrected chi connectivity index (χ0v) is 15.1. The molecule has 0 radical (unpaired) electrons. The van der Waals surface area contributed by atoms with Gasteiger partial charge < -0.3 is 15.1 Å². The number of amides is 2. The van der Waals surface area contributed by atoms with Crippen LogP contribution in [-0.2, 0) is 4.79 Å². The van der Waals surface area contributed by atoms with Crippen LogP contribution in [0.3, 0.4) is 0 Å². The Bertz CT molecular complexity index is 668. The largest absolute Gasteiger partial charge is 0.340 e. The minimum Gasteiger partial charge on any atom is -0.340 e. The molecule has 0 unspecified atom stereocenters. The monoisotopic (exact) mass is 354 g/mol. The van der Waals surface area contributed by atoms with Gasteiger partial charge >= 0.3 is 0 Å². The summed E-state index contributed by atoms with van der Waals surface area (Å²) in [4.78, 5) is 29.3.